The highest BCUT2D eigenvalue weighted by Crippen LogP contribution is 2.30. The average Bonchev–Trinajstić information content (AvgIpc) is 2.82. The molecule has 0 amide bonds. The van der Waals surface area contributed by atoms with Crippen LogP contribution in [0.5, 0.6) is 23.0 Å². The molecule has 0 aliphatic heterocycles. The fraction of sp³-hybridized carbons (Fsp3) is 0.320. The van der Waals surface area contributed by atoms with Crippen molar-refractivity contribution in [2.75, 3.05) is 20.8 Å². The first-order valence-electron chi connectivity index (χ1n) is 10.7. The molecule has 2 aromatic rings. The van der Waals surface area contributed by atoms with Crippen LogP contribution >= 0.6 is 0 Å². The Kier molecular flexibility index (Phi) is 10.5. The average molecular weight is 456 g/mol. The standard InChI is InChI=1S/C25H29NO7/c1-4-5-6-7-16-32-21-11-8-19(17-23(21)30-2)10-13-25(27)33-22-12-9-20(14-15-26(28)29)18-24(22)31-3/h8-15,17-18H,4-7,16H2,1-3H3/b13-10+,15-14+. The molecule has 0 unspecified atom stereocenters. The highest BCUT2D eigenvalue weighted by atomic mass is 16.6. The molecule has 8 heteroatoms. The molecule has 0 heterocycles. The molecule has 0 N–H and O–H groups in total. The van der Waals surface area contributed by atoms with Crippen LogP contribution in [0.3, 0.4) is 0 Å². The summed E-state index contributed by atoms with van der Waals surface area (Å²) in [5.74, 6) is 1.13. The van der Waals surface area contributed by atoms with E-state index in [4.69, 9.17) is 18.9 Å². The van der Waals surface area contributed by atoms with Gasteiger partial charge in [-0.2, -0.15) is 0 Å². The number of benzene rings is 2. The smallest absolute Gasteiger partial charge is 0.336 e. The van der Waals surface area contributed by atoms with Crippen molar-refractivity contribution in [2.24, 2.45) is 0 Å². The Morgan fingerprint density at radius 1 is 0.909 bits per heavy atom. The molecule has 33 heavy (non-hydrogen) atoms. The second-order valence-electron chi connectivity index (χ2n) is 7.09. The van der Waals surface area contributed by atoms with E-state index in [-0.39, 0.29) is 11.5 Å². The highest BCUT2D eigenvalue weighted by molar-refractivity contribution is 5.89. The minimum Gasteiger partial charge on any atom is -0.493 e. The summed E-state index contributed by atoms with van der Waals surface area (Å²) in [4.78, 5) is 22.2. The largest absolute Gasteiger partial charge is 0.493 e. The van der Waals surface area contributed by atoms with Gasteiger partial charge >= 0.3 is 5.97 Å². The minimum atomic E-state index is -0.600. The number of methoxy groups -OCH3 is 2. The number of rotatable bonds is 13. The summed E-state index contributed by atoms with van der Waals surface area (Å²) in [6.45, 7) is 2.79. The molecule has 0 saturated carbocycles. The van der Waals surface area contributed by atoms with Crippen LogP contribution in [-0.4, -0.2) is 31.7 Å². The van der Waals surface area contributed by atoms with E-state index in [1.165, 1.54) is 44.2 Å². The molecule has 0 atom stereocenters. The Hall–Kier alpha value is -3.81. The number of esters is 1. The normalized spacial score (nSPS) is 11.0. The second-order valence-corrected chi connectivity index (χ2v) is 7.09. The predicted octanol–water partition coefficient (Wildman–Crippen LogP) is 5.53. The van der Waals surface area contributed by atoms with Gasteiger partial charge in [0.25, 0.3) is 0 Å². The predicted molar refractivity (Wildman–Crippen MR) is 126 cm³/mol. The summed E-state index contributed by atoms with van der Waals surface area (Å²) in [7, 11) is 2.99. The molecule has 0 aromatic heterocycles. The molecule has 2 aromatic carbocycles. The van der Waals surface area contributed by atoms with Gasteiger partial charge in [-0.05, 0) is 47.9 Å². The highest BCUT2D eigenvalue weighted by Gasteiger charge is 2.10. The monoisotopic (exact) mass is 455 g/mol. The summed E-state index contributed by atoms with van der Waals surface area (Å²) in [6, 6.07) is 10.1. The molecule has 0 aliphatic rings. The summed E-state index contributed by atoms with van der Waals surface area (Å²) in [5.41, 5.74) is 1.29. The molecule has 0 saturated heterocycles. The SMILES string of the molecule is CCCCCCOc1ccc(/C=C/C(=O)Oc2ccc(/C=C/[N+](=O)[O-])cc2OC)cc1OC. The van der Waals surface area contributed by atoms with Crippen molar-refractivity contribution < 1.29 is 28.7 Å². The van der Waals surface area contributed by atoms with E-state index in [1.54, 1.807) is 25.3 Å². The van der Waals surface area contributed by atoms with Crippen molar-refractivity contribution in [1.29, 1.82) is 0 Å². The van der Waals surface area contributed by atoms with Crippen LogP contribution in [0.4, 0.5) is 0 Å². The summed E-state index contributed by atoms with van der Waals surface area (Å²) >= 11 is 0. The maximum atomic E-state index is 12.3. The first-order chi connectivity index (χ1) is 16.0. The number of carbonyl (C=O) groups excluding carboxylic acids is 1. The number of carbonyl (C=O) groups is 1. The van der Waals surface area contributed by atoms with Crippen molar-refractivity contribution in [2.45, 2.75) is 32.6 Å². The molecule has 0 aliphatic carbocycles. The molecule has 0 spiro atoms. The van der Waals surface area contributed by atoms with Crippen LogP contribution in [0, 0.1) is 10.1 Å². The number of nitro groups is 1. The van der Waals surface area contributed by atoms with E-state index in [2.05, 4.69) is 6.92 Å². The summed E-state index contributed by atoms with van der Waals surface area (Å²) in [5, 5.41) is 10.5. The number of hydrogen-bond acceptors (Lipinski definition) is 7. The lowest BCUT2D eigenvalue weighted by molar-refractivity contribution is -0.400. The van der Waals surface area contributed by atoms with Crippen LogP contribution in [0.25, 0.3) is 12.2 Å². The van der Waals surface area contributed by atoms with E-state index >= 15 is 0 Å². The van der Waals surface area contributed by atoms with Crippen LogP contribution in [0.2, 0.25) is 0 Å². The molecule has 176 valence electrons. The van der Waals surface area contributed by atoms with Crippen molar-refractivity contribution >= 4 is 18.1 Å². The Bertz CT molecular complexity index is 998. The zero-order chi connectivity index (χ0) is 24.1. The van der Waals surface area contributed by atoms with E-state index in [0.717, 1.165) is 24.6 Å². The fourth-order valence-electron chi connectivity index (χ4n) is 2.94. The maximum Gasteiger partial charge on any atom is 0.336 e. The van der Waals surface area contributed by atoms with Gasteiger partial charge in [0.05, 0.1) is 25.7 Å². The third-order valence-electron chi connectivity index (χ3n) is 4.64. The van der Waals surface area contributed by atoms with E-state index in [1.807, 2.05) is 12.1 Å². The van der Waals surface area contributed by atoms with E-state index < -0.39 is 10.9 Å². The Labute approximate surface area is 193 Å². The lowest BCUT2D eigenvalue weighted by Gasteiger charge is -2.11. The number of ether oxygens (including phenoxy) is 4. The van der Waals surface area contributed by atoms with Gasteiger partial charge < -0.3 is 18.9 Å². The van der Waals surface area contributed by atoms with Gasteiger partial charge in [-0.1, -0.05) is 38.3 Å². The maximum absolute atomic E-state index is 12.3. The molecular weight excluding hydrogens is 426 g/mol. The van der Waals surface area contributed by atoms with Gasteiger partial charge in [0.15, 0.2) is 23.0 Å². The molecule has 8 nitrogen and oxygen atoms in total. The van der Waals surface area contributed by atoms with Gasteiger partial charge in [0.1, 0.15) is 0 Å². The second kappa shape index (κ2) is 13.6. The minimum absolute atomic E-state index is 0.204. The quantitative estimate of drug-likeness (QED) is 0.0978. The number of nitrogens with zero attached hydrogens (tertiary/aromatic N) is 1. The van der Waals surface area contributed by atoms with Crippen molar-refractivity contribution in [1.82, 2.24) is 0 Å². The van der Waals surface area contributed by atoms with Crippen LogP contribution in [0.1, 0.15) is 43.7 Å². The van der Waals surface area contributed by atoms with Gasteiger partial charge in [0.2, 0.25) is 6.20 Å². The fourth-order valence-corrected chi connectivity index (χ4v) is 2.94. The Morgan fingerprint density at radius 3 is 2.18 bits per heavy atom. The Morgan fingerprint density at radius 2 is 1.55 bits per heavy atom. The first kappa shape index (κ1) is 25.5. The van der Waals surface area contributed by atoms with Crippen LogP contribution in [0.15, 0.2) is 48.7 Å². The zero-order valence-corrected chi connectivity index (χ0v) is 19.1. The third-order valence-corrected chi connectivity index (χ3v) is 4.64. The van der Waals surface area contributed by atoms with E-state index in [9.17, 15) is 14.9 Å². The van der Waals surface area contributed by atoms with Gasteiger partial charge in [-0.25, -0.2) is 4.79 Å². The summed E-state index contributed by atoms with van der Waals surface area (Å²) in [6.07, 6.45) is 9.52. The molecule has 0 fully saturated rings. The van der Waals surface area contributed by atoms with Crippen molar-refractivity contribution in [3.05, 3.63) is 69.9 Å². The zero-order valence-electron chi connectivity index (χ0n) is 19.1. The van der Waals surface area contributed by atoms with Crippen LogP contribution in [-0.2, 0) is 4.79 Å². The van der Waals surface area contributed by atoms with Gasteiger partial charge in [-0.3, -0.25) is 10.1 Å². The first-order valence-corrected chi connectivity index (χ1v) is 10.7. The van der Waals surface area contributed by atoms with E-state index in [0.29, 0.717) is 23.7 Å². The summed E-state index contributed by atoms with van der Waals surface area (Å²) < 4.78 is 21.8. The number of hydrogen-bond donors (Lipinski definition) is 0. The third kappa shape index (κ3) is 8.68. The van der Waals surface area contributed by atoms with Crippen LogP contribution < -0.4 is 18.9 Å². The molecule has 0 radical (unpaired) electrons. The molecule has 2 rings (SSSR count). The Balaban J connectivity index is 2.01. The number of unbranched alkanes of at least 4 members (excludes halogenated alkanes) is 3. The topological polar surface area (TPSA) is 97.1 Å². The van der Waals surface area contributed by atoms with Gasteiger partial charge in [-0.15, -0.1) is 0 Å². The molecular formula is C25H29NO7. The lowest BCUT2D eigenvalue weighted by Crippen LogP contribution is -2.05. The lowest BCUT2D eigenvalue weighted by atomic mass is 10.2. The van der Waals surface area contributed by atoms with Gasteiger partial charge in [0, 0.05) is 12.2 Å². The van der Waals surface area contributed by atoms with Crippen molar-refractivity contribution in [3.63, 3.8) is 0 Å². The van der Waals surface area contributed by atoms with Crippen molar-refractivity contribution in [3.8, 4) is 23.0 Å². The molecule has 0 bridgehead atoms.